The molecule has 8 heterocycles. The Kier molecular flexibility index (Phi) is 8.59. The number of fused-ring (bicyclic) bond motifs is 8. The minimum atomic E-state index is -0.815. The van der Waals surface area contributed by atoms with Crippen LogP contribution in [0.25, 0.3) is 22.5 Å². The number of aromatic nitrogens is 5. The smallest absolute Gasteiger partial charge is 0.225 e. The third kappa shape index (κ3) is 5.91. The fraction of sp³-hybridized carbons (Fsp3) is 0.108. The minimum Gasteiger partial charge on any atom is -0.438 e. The third-order valence-electron chi connectivity index (χ3n) is 9.14. The van der Waals surface area contributed by atoms with E-state index in [2.05, 4.69) is 69.5 Å². The zero-order chi connectivity index (χ0) is 36.3. The molecular formula is C37H24BrFIN9O2S2. The molecule has 2 atom stereocenters. The van der Waals surface area contributed by atoms with Gasteiger partial charge in [-0.1, -0.05) is 29.6 Å². The van der Waals surface area contributed by atoms with Crippen LogP contribution in [0.4, 0.5) is 4.39 Å². The molecule has 0 saturated carbocycles. The number of hydrogen-bond acceptors (Lipinski definition) is 13. The summed E-state index contributed by atoms with van der Waals surface area (Å²) >= 11 is 8.82. The highest BCUT2D eigenvalue weighted by Gasteiger charge is 2.48. The van der Waals surface area contributed by atoms with Crippen molar-refractivity contribution in [2.75, 3.05) is 11.5 Å². The molecule has 0 bridgehead atoms. The first kappa shape index (κ1) is 34.1. The molecule has 2 aromatic carbocycles. The second kappa shape index (κ2) is 13.3. The normalized spacial score (nSPS) is 20.1. The quantitative estimate of drug-likeness (QED) is 0.128. The van der Waals surface area contributed by atoms with Crippen LogP contribution in [0.15, 0.2) is 112 Å². The summed E-state index contributed by atoms with van der Waals surface area (Å²) in [7, 11) is 0. The van der Waals surface area contributed by atoms with E-state index in [1.807, 2.05) is 36.4 Å². The number of aliphatic imine (C=N–C) groups is 2. The first-order valence-corrected chi connectivity index (χ1v) is 19.9. The van der Waals surface area contributed by atoms with Crippen LogP contribution in [0.1, 0.15) is 22.3 Å². The SMILES string of the molecule is NC1=N[C@@]2(CS1)c1cc(-c3cccnc3F)ccc1Oc1ncc(-c3ncccn3)cc12.NC1=N[C@@]2(CS1)c1cc(I)ccc1Oc1ncc(Br)cc12. The maximum Gasteiger partial charge on any atom is 0.225 e. The van der Waals surface area contributed by atoms with Crippen molar-refractivity contribution in [2.45, 2.75) is 11.1 Å². The van der Waals surface area contributed by atoms with Gasteiger partial charge in [-0.2, -0.15) is 4.39 Å². The van der Waals surface area contributed by atoms with E-state index in [0.29, 0.717) is 50.5 Å². The average molecular weight is 917 g/mol. The Labute approximate surface area is 332 Å². The van der Waals surface area contributed by atoms with Crippen LogP contribution < -0.4 is 20.9 Å². The van der Waals surface area contributed by atoms with E-state index in [9.17, 15) is 4.39 Å². The molecule has 4 aromatic heterocycles. The molecule has 6 aromatic rings. The van der Waals surface area contributed by atoms with E-state index in [1.165, 1.54) is 18.0 Å². The molecule has 10 rings (SSSR count). The van der Waals surface area contributed by atoms with Crippen LogP contribution in [-0.4, -0.2) is 46.8 Å². The van der Waals surface area contributed by atoms with Crippen LogP contribution in [0.2, 0.25) is 0 Å². The van der Waals surface area contributed by atoms with Gasteiger partial charge in [0.25, 0.3) is 0 Å². The number of ether oxygens (including phenoxy) is 2. The zero-order valence-corrected chi connectivity index (χ0v) is 32.6. The molecule has 0 saturated heterocycles. The monoisotopic (exact) mass is 915 g/mol. The molecule has 11 nitrogen and oxygen atoms in total. The number of amidine groups is 2. The van der Waals surface area contributed by atoms with E-state index in [4.69, 9.17) is 30.9 Å². The number of nitrogens with zero attached hydrogens (tertiary/aromatic N) is 7. The second-order valence-electron chi connectivity index (χ2n) is 12.3. The van der Waals surface area contributed by atoms with Gasteiger partial charge in [-0.25, -0.2) is 34.9 Å². The van der Waals surface area contributed by atoms with E-state index in [1.54, 1.807) is 60.8 Å². The Morgan fingerprint density at radius 1 is 0.679 bits per heavy atom. The number of pyridine rings is 3. The average Bonchev–Trinajstić information content (AvgIpc) is 3.76. The van der Waals surface area contributed by atoms with Gasteiger partial charge >= 0.3 is 0 Å². The van der Waals surface area contributed by atoms with Crippen molar-refractivity contribution >= 4 is 72.4 Å². The molecule has 4 aliphatic rings. The van der Waals surface area contributed by atoms with Crippen molar-refractivity contribution in [3.05, 3.63) is 134 Å². The summed E-state index contributed by atoms with van der Waals surface area (Å²) < 4.78 is 28.5. The second-order valence-corrected chi connectivity index (χ2v) is 16.4. The Bertz CT molecular complexity index is 2480. The van der Waals surface area contributed by atoms with Crippen molar-refractivity contribution in [1.29, 1.82) is 0 Å². The van der Waals surface area contributed by atoms with E-state index >= 15 is 0 Å². The molecule has 262 valence electrons. The summed E-state index contributed by atoms with van der Waals surface area (Å²) in [5.41, 5.74) is 16.2. The Morgan fingerprint density at radius 3 is 1.94 bits per heavy atom. The third-order valence-corrected chi connectivity index (χ3v) is 12.1. The molecule has 0 fully saturated rings. The molecule has 4 N–H and O–H groups in total. The van der Waals surface area contributed by atoms with Gasteiger partial charge in [0.05, 0.1) is 0 Å². The van der Waals surface area contributed by atoms with Gasteiger partial charge in [0.2, 0.25) is 17.7 Å². The molecule has 0 aliphatic carbocycles. The van der Waals surface area contributed by atoms with Crippen molar-refractivity contribution in [2.24, 2.45) is 21.5 Å². The molecule has 0 radical (unpaired) electrons. The first-order valence-electron chi connectivity index (χ1n) is 16.0. The highest BCUT2D eigenvalue weighted by atomic mass is 127. The van der Waals surface area contributed by atoms with E-state index < -0.39 is 17.0 Å². The van der Waals surface area contributed by atoms with Crippen molar-refractivity contribution < 1.29 is 13.9 Å². The molecule has 53 heavy (non-hydrogen) atoms. The number of rotatable bonds is 2. The zero-order valence-electron chi connectivity index (χ0n) is 27.2. The summed E-state index contributed by atoms with van der Waals surface area (Å²) in [5.74, 6) is 3.83. The number of nitrogens with two attached hydrogens (primary N) is 2. The summed E-state index contributed by atoms with van der Waals surface area (Å²) in [6.07, 6.45) is 8.20. The van der Waals surface area contributed by atoms with Gasteiger partial charge in [0.1, 0.15) is 22.6 Å². The summed E-state index contributed by atoms with van der Waals surface area (Å²) in [6, 6.07) is 20.7. The number of benzene rings is 2. The Hall–Kier alpha value is -4.65. The standard InChI is InChI=1S/C23H15FN6OS.C14H9BrIN3OS/c24-19-15(3-1-6-26-19)13-4-5-18-16(9-13)23(12-32-22(25)30-23)17-10-14(11-29-21(17)31-18)20-27-7-2-8-28-20;15-7-3-10-12(18-5-7)20-11-2-1-8(16)4-9(11)14(10)6-21-13(17)19-14/h1-11H,12H2,(H2,25,30);1-5H,6H2,(H2,17,19)/t23-;14-/m00/s1. The summed E-state index contributed by atoms with van der Waals surface area (Å²) in [5, 5.41) is 1.08. The lowest BCUT2D eigenvalue weighted by Gasteiger charge is -2.34. The minimum absolute atomic E-state index is 0.406. The predicted octanol–water partition coefficient (Wildman–Crippen LogP) is 8.01. The fourth-order valence-corrected chi connectivity index (χ4v) is 9.47. The first-order chi connectivity index (χ1) is 25.7. The summed E-state index contributed by atoms with van der Waals surface area (Å²) in [4.78, 5) is 31.0. The van der Waals surface area contributed by atoms with Crippen LogP contribution in [0.3, 0.4) is 0 Å². The van der Waals surface area contributed by atoms with Gasteiger partial charge in [0, 0.05) is 83.9 Å². The van der Waals surface area contributed by atoms with E-state index in [0.717, 1.165) is 47.4 Å². The largest absolute Gasteiger partial charge is 0.438 e. The highest BCUT2D eigenvalue weighted by Crippen LogP contribution is 2.54. The fourth-order valence-electron chi connectivity index (χ4n) is 6.74. The lowest BCUT2D eigenvalue weighted by atomic mass is 9.81. The van der Waals surface area contributed by atoms with Crippen molar-refractivity contribution in [3.63, 3.8) is 0 Å². The van der Waals surface area contributed by atoms with Crippen molar-refractivity contribution in [3.8, 4) is 45.8 Å². The maximum absolute atomic E-state index is 14.4. The number of halogens is 3. The maximum atomic E-state index is 14.4. The van der Waals surface area contributed by atoms with Gasteiger partial charge in [0.15, 0.2) is 16.2 Å². The number of thioether (sulfide) groups is 2. The van der Waals surface area contributed by atoms with Gasteiger partial charge in [-0.3, -0.25) is 0 Å². The molecule has 0 unspecified atom stereocenters. The van der Waals surface area contributed by atoms with Crippen LogP contribution in [0, 0.1) is 9.52 Å². The van der Waals surface area contributed by atoms with Gasteiger partial charge in [-0.05, 0) is 105 Å². The highest BCUT2D eigenvalue weighted by molar-refractivity contribution is 14.1. The van der Waals surface area contributed by atoms with Crippen LogP contribution in [0.5, 0.6) is 23.3 Å². The van der Waals surface area contributed by atoms with Crippen molar-refractivity contribution in [1.82, 2.24) is 24.9 Å². The van der Waals surface area contributed by atoms with E-state index in [-0.39, 0.29) is 0 Å². The topological polar surface area (TPSA) is 160 Å². The Balaban J connectivity index is 0.000000153. The molecule has 4 aliphatic heterocycles. The predicted molar refractivity (Wildman–Crippen MR) is 216 cm³/mol. The molecule has 0 amide bonds. The van der Waals surface area contributed by atoms with Crippen LogP contribution in [-0.2, 0) is 11.1 Å². The number of hydrogen-bond donors (Lipinski definition) is 2. The molecular weight excluding hydrogens is 892 g/mol. The van der Waals surface area contributed by atoms with Crippen LogP contribution >= 0.6 is 62.0 Å². The van der Waals surface area contributed by atoms with Gasteiger partial charge in [-0.15, -0.1) is 0 Å². The molecule has 2 spiro atoms. The summed E-state index contributed by atoms with van der Waals surface area (Å²) in [6.45, 7) is 0. The Morgan fingerprint density at radius 2 is 1.28 bits per heavy atom. The molecule has 16 heteroatoms. The lowest BCUT2D eigenvalue weighted by Crippen LogP contribution is -2.30. The van der Waals surface area contributed by atoms with Gasteiger partial charge < -0.3 is 20.9 Å². The lowest BCUT2D eigenvalue weighted by molar-refractivity contribution is 0.399.